The predicted molar refractivity (Wildman–Crippen MR) is 97.0 cm³/mol. The molecule has 8 nitrogen and oxygen atoms in total. The highest BCUT2D eigenvalue weighted by atomic mass is 32.2. The van der Waals surface area contributed by atoms with Gasteiger partial charge in [0, 0.05) is 23.7 Å². The third-order valence-electron chi connectivity index (χ3n) is 4.68. The number of nitrogens with zero attached hydrogens (tertiary/aromatic N) is 2. The van der Waals surface area contributed by atoms with Crippen LogP contribution >= 0.6 is 0 Å². The van der Waals surface area contributed by atoms with Gasteiger partial charge in [-0.3, -0.25) is 14.9 Å². The monoisotopic (exact) mass is 384 g/mol. The molecule has 0 unspecified atom stereocenters. The van der Waals surface area contributed by atoms with Crippen molar-refractivity contribution >= 4 is 21.4 Å². The topological polar surface area (TPSA) is 107 Å². The quantitative estimate of drug-likeness (QED) is 0.526. The zero-order chi connectivity index (χ0) is 19.5. The summed E-state index contributed by atoms with van der Waals surface area (Å²) in [6.45, 7) is 5.19. The van der Waals surface area contributed by atoms with Crippen molar-refractivity contribution in [3.8, 4) is 5.75 Å². The van der Waals surface area contributed by atoms with E-state index in [1.54, 1.807) is 11.8 Å². The van der Waals surface area contributed by atoms with E-state index in [1.165, 1.54) is 18.2 Å². The summed E-state index contributed by atoms with van der Waals surface area (Å²) in [7, 11) is -3.10. The van der Waals surface area contributed by atoms with Gasteiger partial charge in [0.1, 0.15) is 5.75 Å². The minimum absolute atomic E-state index is 0.0129. The van der Waals surface area contributed by atoms with Crippen LogP contribution in [-0.2, 0) is 14.6 Å². The van der Waals surface area contributed by atoms with Gasteiger partial charge < -0.3 is 9.64 Å². The van der Waals surface area contributed by atoms with Crippen LogP contribution in [0.15, 0.2) is 18.2 Å². The molecule has 1 aromatic rings. The predicted octanol–water partition coefficient (Wildman–Crippen LogP) is 2.10. The number of nitro benzene ring substituents is 1. The Morgan fingerprint density at radius 1 is 1.46 bits per heavy atom. The number of carbonyl (C=O) groups excluding carboxylic acids is 1. The van der Waals surface area contributed by atoms with Gasteiger partial charge in [-0.2, -0.15) is 0 Å². The van der Waals surface area contributed by atoms with Gasteiger partial charge in [0.2, 0.25) is 0 Å². The van der Waals surface area contributed by atoms with E-state index in [9.17, 15) is 23.3 Å². The molecule has 0 saturated carbocycles. The summed E-state index contributed by atoms with van der Waals surface area (Å²) in [6, 6.07) is 3.88. The Morgan fingerprint density at radius 3 is 2.65 bits per heavy atom. The Bertz CT molecular complexity index is 792. The van der Waals surface area contributed by atoms with Crippen molar-refractivity contribution in [1.82, 2.24) is 4.90 Å². The van der Waals surface area contributed by atoms with Gasteiger partial charge in [-0.15, -0.1) is 0 Å². The molecule has 0 aliphatic carbocycles. The Morgan fingerprint density at radius 2 is 2.15 bits per heavy atom. The van der Waals surface area contributed by atoms with E-state index in [-0.39, 0.29) is 41.8 Å². The van der Waals surface area contributed by atoms with E-state index >= 15 is 0 Å². The molecule has 1 saturated heterocycles. The Balaban J connectivity index is 2.08. The van der Waals surface area contributed by atoms with Crippen LogP contribution in [0.2, 0.25) is 0 Å². The highest BCUT2D eigenvalue weighted by Gasteiger charge is 2.36. The van der Waals surface area contributed by atoms with Crippen LogP contribution in [0.25, 0.3) is 0 Å². The second-order valence-corrected chi connectivity index (χ2v) is 8.84. The van der Waals surface area contributed by atoms with Crippen LogP contribution in [0.3, 0.4) is 0 Å². The van der Waals surface area contributed by atoms with E-state index < -0.39 is 14.8 Å². The van der Waals surface area contributed by atoms with Crippen molar-refractivity contribution in [3.63, 3.8) is 0 Å². The largest absolute Gasteiger partial charge is 0.484 e. The number of hydrogen-bond donors (Lipinski definition) is 0. The normalized spacial score (nSPS) is 19.7. The van der Waals surface area contributed by atoms with Crippen molar-refractivity contribution in [3.05, 3.63) is 33.9 Å². The molecule has 1 amide bonds. The molecule has 1 aromatic carbocycles. The lowest BCUT2D eigenvalue weighted by atomic mass is 10.1. The van der Waals surface area contributed by atoms with Crippen LogP contribution in [0, 0.1) is 17.0 Å². The first-order valence-corrected chi connectivity index (χ1v) is 10.4. The van der Waals surface area contributed by atoms with E-state index in [4.69, 9.17) is 4.74 Å². The minimum atomic E-state index is -3.10. The van der Waals surface area contributed by atoms with Gasteiger partial charge in [-0.1, -0.05) is 6.92 Å². The second-order valence-electron chi connectivity index (χ2n) is 6.61. The van der Waals surface area contributed by atoms with E-state index in [1.807, 2.05) is 13.8 Å². The van der Waals surface area contributed by atoms with Crippen LogP contribution in [0.1, 0.15) is 32.3 Å². The molecular formula is C17H24N2O6S. The maximum absolute atomic E-state index is 12.7. The highest BCUT2D eigenvalue weighted by molar-refractivity contribution is 7.91. The number of ether oxygens (including phenoxy) is 1. The number of sulfone groups is 1. The SMILES string of the molecule is CC[C@H](C)N(C(=O)COc1ccc([N+](=O)[O-])c(C)c1)[C@H]1CCS(=O)(=O)C1. The molecule has 2 rings (SSSR count). The Labute approximate surface area is 153 Å². The molecule has 1 aliphatic heterocycles. The van der Waals surface area contributed by atoms with Crippen molar-refractivity contribution in [2.24, 2.45) is 0 Å². The van der Waals surface area contributed by atoms with Gasteiger partial charge in [-0.25, -0.2) is 8.42 Å². The van der Waals surface area contributed by atoms with E-state index in [0.29, 0.717) is 24.2 Å². The van der Waals surface area contributed by atoms with Gasteiger partial charge in [0.15, 0.2) is 16.4 Å². The maximum Gasteiger partial charge on any atom is 0.272 e. The minimum Gasteiger partial charge on any atom is -0.484 e. The number of nitro groups is 1. The number of benzene rings is 1. The molecule has 0 radical (unpaired) electrons. The number of rotatable bonds is 7. The smallest absolute Gasteiger partial charge is 0.272 e. The van der Waals surface area contributed by atoms with E-state index in [2.05, 4.69) is 0 Å². The summed E-state index contributed by atoms with van der Waals surface area (Å²) in [4.78, 5) is 24.7. The van der Waals surface area contributed by atoms with Crippen LogP contribution < -0.4 is 4.74 Å². The summed E-state index contributed by atoms with van der Waals surface area (Å²) >= 11 is 0. The Hall–Kier alpha value is -2.16. The molecule has 1 fully saturated rings. The molecule has 2 atom stereocenters. The molecule has 0 spiro atoms. The number of aryl methyl sites for hydroxylation is 1. The van der Waals surface area contributed by atoms with Gasteiger partial charge >= 0.3 is 0 Å². The summed E-state index contributed by atoms with van der Waals surface area (Å²) in [5.41, 5.74) is 0.432. The molecule has 0 aromatic heterocycles. The van der Waals surface area contributed by atoms with Crippen LogP contribution in [0.5, 0.6) is 5.75 Å². The lowest BCUT2D eigenvalue weighted by molar-refractivity contribution is -0.385. The number of amides is 1. The zero-order valence-corrected chi connectivity index (χ0v) is 16.0. The average molecular weight is 384 g/mol. The first-order valence-electron chi connectivity index (χ1n) is 8.54. The summed E-state index contributed by atoms with van der Waals surface area (Å²) in [6.07, 6.45) is 1.15. The molecule has 26 heavy (non-hydrogen) atoms. The third kappa shape index (κ3) is 4.72. The summed E-state index contributed by atoms with van der Waals surface area (Å²) in [5.74, 6) is 0.169. The molecule has 144 valence electrons. The molecule has 0 N–H and O–H groups in total. The van der Waals surface area contributed by atoms with Crippen LogP contribution in [0.4, 0.5) is 5.69 Å². The van der Waals surface area contributed by atoms with Crippen LogP contribution in [-0.4, -0.2) is 54.3 Å². The van der Waals surface area contributed by atoms with Crippen molar-refractivity contribution < 1.29 is 22.9 Å². The summed E-state index contributed by atoms with van der Waals surface area (Å²) in [5, 5.41) is 10.9. The fourth-order valence-electron chi connectivity index (χ4n) is 3.14. The number of carbonyl (C=O) groups is 1. The zero-order valence-electron chi connectivity index (χ0n) is 15.2. The number of hydrogen-bond acceptors (Lipinski definition) is 6. The highest BCUT2D eigenvalue weighted by Crippen LogP contribution is 2.24. The molecule has 9 heteroatoms. The van der Waals surface area contributed by atoms with Gasteiger partial charge in [-0.05, 0) is 38.8 Å². The fourth-order valence-corrected chi connectivity index (χ4v) is 4.85. The van der Waals surface area contributed by atoms with Crippen molar-refractivity contribution in [2.45, 2.75) is 45.7 Å². The first-order chi connectivity index (χ1) is 12.1. The Kier molecular flexibility index (Phi) is 6.22. The van der Waals surface area contributed by atoms with E-state index in [0.717, 1.165) is 0 Å². The fraction of sp³-hybridized carbons (Fsp3) is 0.588. The third-order valence-corrected chi connectivity index (χ3v) is 6.43. The molecule has 0 bridgehead atoms. The van der Waals surface area contributed by atoms with Gasteiger partial charge in [0.25, 0.3) is 11.6 Å². The standard InChI is InChI=1S/C17H24N2O6S/c1-4-13(3)18(14-7-8-26(23,24)11-14)17(20)10-25-15-5-6-16(19(21)22)12(2)9-15/h5-6,9,13-14H,4,7-8,10-11H2,1-3H3/t13-,14-/m0/s1. The molecule has 1 aliphatic rings. The van der Waals surface area contributed by atoms with Crippen molar-refractivity contribution in [2.75, 3.05) is 18.1 Å². The average Bonchev–Trinajstić information content (AvgIpc) is 2.92. The molecular weight excluding hydrogens is 360 g/mol. The first kappa shape index (κ1) is 20.2. The van der Waals surface area contributed by atoms with Gasteiger partial charge in [0.05, 0.1) is 16.4 Å². The lowest BCUT2D eigenvalue weighted by Gasteiger charge is -2.33. The summed E-state index contributed by atoms with van der Waals surface area (Å²) < 4.78 is 29.0. The lowest BCUT2D eigenvalue weighted by Crippen LogP contribution is -2.48. The van der Waals surface area contributed by atoms with Crippen molar-refractivity contribution in [1.29, 1.82) is 0 Å². The maximum atomic E-state index is 12.7. The molecule has 1 heterocycles. The second kappa shape index (κ2) is 8.03.